The van der Waals surface area contributed by atoms with E-state index in [1.807, 2.05) is 30.0 Å². The van der Waals surface area contributed by atoms with E-state index in [1.165, 1.54) is 4.90 Å². The van der Waals surface area contributed by atoms with E-state index in [-0.39, 0.29) is 78.6 Å². The van der Waals surface area contributed by atoms with Gasteiger partial charge in [-0.3, -0.25) is 14.4 Å². The Hall–Kier alpha value is -4.52. The maximum absolute atomic E-state index is 14.3. The largest absolute Gasteiger partial charge is 0.504 e. The van der Waals surface area contributed by atoms with Gasteiger partial charge in [0.1, 0.15) is 16.0 Å². The quantitative estimate of drug-likeness (QED) is 0.222. The van der Waals surface area contributed by atoms with E-state index < -0.39 is 29.1 Å². The summed E-state index contributed by atoms with van der Waals surface area (Å²) in [5, 5.41) is 17.1. The zero-order valence-corrected chi connectivity index (χ0v) is 29.8. The Labute approximate surface area is 304 Å². The molecule has 0 unspecified atom stereocenters. The van der Waals surface area contributed by atoms with Gasteiger partial charge in [0.05, 0.1) is 35.2 Å². The van der Waals surface area contributed by atoms with Crippen LogP contribution < -0.4 is 15.8 Å². The summed E-state index contributed by atoms with van der Waals surface area (Å²) in [5.74, 6) is -0.989. The number of ether oxygens (including phenoxy) is 1. The van der Waals surface area contributed by atoms with Crippen molar-refractivity contribution < 1.29 is 32.6 Å². The Bertz CT molecular complexity index is 2270. The highest BCUT2D eigenvalue weighted by molar-refractivity contribution is 9.11. The van der Waals surface area contributed by atoms with Crippen LogP contribution in [0.3, 0.4) is 0 Å². The molecule has 13 nitrogen and oxygen atoms in total. The van der Waals surface area contributed by atoms with Crippen molar-refractivity contribution in [1.29, 1.82) is 0 Å². The van der Waals surface area contributed by atoms with Crippen LogP contribution in [0.25, 0.3) is 17.2 Å². The van der Waals surface area contributed by atoms with E-state index in [2.05, 4.69) is 30.7 Å². The lowest BCUT2D eigenvalue weighted by atomic mass is 10.1. The molecule has 2 aliphatic rings. The SMILES string of the molecule is CCc1c(N2CCN(C(=O)c3nsc(Br)c3O)CC2)c(=O)n2nc(-c3ccc4c(c3)COC4)nc2n1CC(=O)Nc1ccc(C(F)(F)F)cc1Cl. The molecule has 1 fully saturated rings. The standard InChI is InChI=1S/C32H27BrClF3N8O5S/c1-2-22-25(42-7-9-43(10-8-42)29(48)24-26(47)27(33)51-41-24)30(49)45-31(39-28(40-45)16-3-4-17-14-50-15-18(17)11-16)44(22)13-23(46)38-21-6-5-19(12-20(21)34)32(35,36)37/h3-6,11-12,47H,2,7-10,13-15H2,1H3,(H,38,46). The molecule has 2 amide bonds. The van der Waals surface area contributed by atoms with Crippen molar-refractivity contribution in [3.8, 4) is 17.1 Å². The summed E-state index contributed by atoms with van der Waals surface area (Å²) >= 11 is 10.2. The summed E-state index contributed by atoms with van der Waals surface area (Å²) in [5.41, 5.74) is 1.84. The molecule has 0 atom stereocenters. The molecule has 2 N–H and O–H groups in total. The maximum Gasteiger partial charge on any atom is 0.416 e. The van der Waals surface area contributed by atoms with E-state index in [4.69, 9.17) is 21.3 Å². The van der Waals surface area contributed by atoms with Gasteiger partial charge in [-0.15, -0.1) is 5.10 Å². The van der Waals surface area contributed by atoms with Gasteiger partial charge in [-0.2, -0.15) is 27.0 Å². The second kappa shape index (κ2) is 13.6. The molecule has 3 aromatic heterocycles. The molecule has 51 heavy (non-hydrogen) atoms. The topological polar surface area (TPSA) is 147 Å². The summed E-state index contributed by atoms with van der Waals surface area (Å²) < 4.78 is 52.3. The minimum atomic E-state index is -4.62. The fraction of sp³-hybridized carbons (Fsp3) is 0.312. The van der Waals surface area contributed by atoms with Crippen LogP contribution in [-0.4, -0.2) is 71.5 Å². The molecule has 19 heteroatoms. The monoisotopic (exact) mass is 806 g/mol. The van der Waals surface area contributed by atoms with Crippen molar-refractivity contribution in [2.24, 2.45) is 0 Å². The van der Waals surface area contributed by atoms with Crippen LogP contribution in [0.15, 0.2) is 45.0 Å². The van der Waals surface area contributed by atoms with Crippen molar-refractivity contribution in [3.63, 3.8) is 0 Å². The third kappa shape index (κ3) is 6.56. The maximum atomic E-state index is 14.3. The summed E-state index contributed by atoms with van der Waals surface area (Å²) in [6.45, 7) is 3.24. The van der Waals surface area contributed by atoms with Crippen molar-refractivity contribution in [2.45, 2.75) is 39.3 Å². The number of carbonyl (C=O) groups excluding carboxylic acids is 2. The van der Waals surface area contributed by atoms with Crippen LogP contribution in [0, 0.1) is 0 Å². The van der Waals surface area contributed by atoms with Gasteiger partial charge < -0.3 is 29.5 Å². The lowest BCUT2D eigenvalue weighted by molar-refractivity contribution is -0.137. The van der Waals surface area contributed by atoms with Gasteiger partial charge in [-0.05, 0) is 69.3 Å². The molecular formula is C32H27BrClF3N8O5S. The highest BCUT2D eigenvalue weighted by Gasteiger charge is 2.33. The number of carbonyl (C=O) groups is 2. The van der Waals surface area contributed by atoms with E-state index in [1.54, 1.807) is 4.57 Å². The number of aromatic hydroxyl groups is 1. The first-order valence-electron chi connectivity index (χ1n) is 15.6. The van der Waals surface area contributed by atoms with E-state index in [0.29, 0.717) is 28.3 Å². The van der Waals surface area contributed by atoms with Crippen LogP contribution >= 0.6 is 39.1 Å². The van der Waals surface area contributed by atoms with Gasteiger partial charge in [0, 0.05) is 31.7 Å². The lowest BCUT2D eigenvalue weighted by Crippen LogP contribution is -2.51. The molecule has 0 aliphatic carbocycles. The molecular weight excluding hydrogens is 781 g/mol. The number of nitrogens with zero attached hydrogens (tertiary/aromatic N) is 7. The van der Waals surface area contributed by atoms with E-state index in [0.717, 1.165) is 45.4 Å². The fourth-order valence-electron chi connectivity index (χ4n) is 6.18. The predicted octanol–water partition coefficient (Wildman–Crippen LogP) is 5.35. The minimum absolute atomic E-state index is 0.0218. The first-order chi connectivity index (χ1) is 24.3. The van der Waals surface area contributed by atoms with Crippen molar-refractivity contribution in [1.82, 2.24) is 28.4 Å². The van der Waals surface area contributed by atoms with E-state index >= 15 is 0 Å². The highest BCUT2D eigenvalue weighted by atomic mass is 79.9. The normalized spacial score (nSPS) is 14.7. The van der Waals surface area contributed by atoms with Crippen LogP contribution in [-0.2, 0) is 41.9 Å². The average Bonchev–Trinajstić information content (AvgIpc) is 3.85. The van der Waals surface area contributed by atoms with E-state index in [9.17, 15) is 32.7 Å². The number of alkyl halides is 3. The summed E-state index contributed by atoms with van der Waals surface area (Å²) in [6.07, 6.45) is -4.33. The van der Waals surface area contributed by atoms with Gasteiger partial charge in [-0.1, -0.05) is 30.7 Å². The Morgan fingerprint density at radius 2 is 1.84 bits per heavy atom. The molecule has 2 aromatic carbocycles. The third-order valence-corrected chi connectivity index (χ3v) is 10.5. The summed E-state index contributed by atoms with van der Waals surface area (Å²) in [4.78, 5) is 49.0. The Morgan fingerprint density at radius 1 is 1.10 bits per heavy atom. The number of rotatable bonds is 7. The molecule has 0 saturated carbocycles. The number of piperazine rings is 1. The van der Waals surface area contributed by atoms with Gasteiger partial charge in [0.15, 0.2) is 17.3 Å². The first-order valence-corrected chi connectivity index (χ1v) is 17.6. The van der Waals surface area contributed by atoms with Gasteiger partial charge >= 0.3 is 6.18 Å². The number of anilines is 2. The Morgan fingerprint density at radius 3 is 2.51 bits per heavy atom. The first kappa shape index (κ1) is 34.9. The van der Waals surface area contributed by atoms with Gasteiger partial charge in [-0.25, -0.2) is 0 Å². The smallest absolute Gasteiger partial charge is 0.416 e. The zero-order chi connectivity index (χ0) is 36.2. The molecule has 266 valence electrons. The van der Waals surface area contributed by atoms with Gasteiger partial charge in [0.25, 0.3) is 11.5 Å². The Kier molecular flexibility index (Phi) is 9.28. The number of benzene rings is 2. The van der Waals surface area contributed by atoms with Crippen molar-refractivity contribution in [2.75, 3.05) is 36.4 Å². The fourth-order valence-corrected chi connectivity index (χ4v) is 7.33. The Balaban J connectivity index is 1.25. The van der Waals surface area contributed by atoms with Crippen LogP contribution in [0.4, 0.5) is 24.5 Å². The minimum Gasteiger partial charge on any atom is -0.504 e. The zero-order valence-electron chi connectivity index (χ0n) is 26.6. The molecule has 5 heterocycles. The summed E-state index contributed by atoms with van der Waals surface area (Å²) in [7, 11) is 0. The molecule has 5 aromatic rings. The summed E-state index contributed by atoms with van der Waals surface area (Å²) in [6, 6.07) is 8.25. The van der Waals surface area contributed by atoms with Gasteiger partial charge in [0.2, 0.25) is 11.7 Å². The number of hydrogen-bond acceptors (Lipinski definition) is 10. The number of halogens is 5. The third-order valence-electron chi connectivity index (χ3n) is 8.73. The molecule has 1 saturated heterocycles. The molecule has 7 rings (SSSR count). The lowest BCUT2D eigenvalue weighted by Gasteiger charge is -2.36. The van der Waals surface area contributed by atoms with Crippen LogP contribution in [0.5, 0.6) is 5.75 Å². The number of nitrogens with one attached hydrogen (secondary N) is 1. The number of fused-ring (bicyclic) bond motifs is 2. The number of amides is 2. The van der Waals surface area contributed by atoms with Crippen molar-refractivity contribution in [3.05, 3.63) is 83.6 Å². The highest BCUT2D eigenvalue weighted by Crippen LogP contribution is 2.35. The second-order valence-corrected chi connectivity index (χ2v) is 14.3. The number of aromatic nitrogens is 5. The molecule has 2 aliphatic heterocycles. The second-order valence-electron chi connectivity index (χ2n) is 11.8. The molecule has 0 spiro atoms. The number of hydrogen-bond donors (Lipinski definition) is 2. The molecule has 0 bridgehead atoms. The molecule has 0 radical (unpaired) electrons. The van der Waals surface area contributed by atoms with Crippen LogP contribution in [0.1, 0.15) is 39.8 Å². The van der Waals surface area contributed by atoms with Crippen molar-refractivity contribution >= 4 is 68.0 Å². The average molecular weight is 808 g/mol. The van der Waals surface area contributed by atoms with Crippen LogP contribution in [0.2, 0.25) is 5.02 Å². The predicted molar refractivity (Wildman–Crippen MR) is 185 cm³/mol.